The molecule has 5 nitrogen and oxygen atoms in total. The normalized spacial score (nSPS) is 11.5. The molecule has 2 aromatic heterocycles. The first-order valence-electron chi connectivity index (χ1n) is 11.6. The molecule has 0 unspecified atom stereocenters. The number of hydrogen-bond donors (Lipinski definition) is 1. The highest BCUT2D eigenvalue weighted by molar-refractivity contribution is 6.31. The second-order valence-electron chi connectivity index (χ2n) is 8.94. The fraction of sp³-hybridized carbons (Fsp3) is 0.133. The van der Waals surface area contributed by atoms with E-state index < -0.39 is 0 Å². The molecule has 5 rings (SSSR count). The van der Waals surface area contributed by atoms with Crippen LogP contribution in [0.4, 0.5) is 5.69 Å². The number of amides is 1. The largest absolute Gasteiger partial charge is 0.457 e. The van der Waals surface area contributed by atoms with Gasteiger partial charge >= 0.3 is 0 Å². The lowest BCUT2D eigenvalue weighted by molar-refractivity contribution is -0.111. The second-order valence-corrected chi connectivity index (χ2v) is 9.35. The molecule has 0 saturated heterocycles. The van der Waals surface area contributed by atoms with E-state index in [1.165, 1.54) is 6.08 Å². The number of fused-ring (bicyclic) bond motifs is 1. The van der Waals surface area contributed by atoms with Gasteiger partial charge in [-0.25, -0.2) is 4.98 Å². The number of aryl methyl sites for hydroxylation is 4. The van der Waals surface area contributed by atoms with Gasteiger partial charge in [-0.3, -0.25) is 4.79 Å². The van der Waals surface area contributed by atoms with Crippen LogP contribution in [0.15, 0.2) is 75.6 Å². The summed E-state index contributed by atoms with van der Waals surface area (Å²) in [5.74, 6) is 1.50. The van der Waals surface area contributed by atoms with Crippen LogP contribution in [-0.4, -0.2) is 10.9 Å². The van der Waals surface area contributed by atoms with Gasteiger partial charge in [0.25, 0.3) is 0 Å². The molecule has 0 aliphatic rings. The molecule has 0 atom stereocenters. The lowest BCUT2D eigenvalue weighted by Crippen LogP contribution is -2.09. The minimum atomic E-state index is -0.268. The smallest absolute Gasteiger partial charge is 0.248 e. The number of aromatic nitrogens is 1. The zero-order valence-corrected chi connectivity index (χ0v) is 21.2. The summed E-state index contributed by atoms with van der Waals surface area (Å²) in [5, 5.41) is 3.62. The maximum atomic E-state index is 12.7. The predicted molar refractivity (Wildman–Crippen MR) is 145 cm³/mol. The van der Waals surface area contributed by atoms with Crippen molar-refractivity contribution in [3.8, 4) is 22.8 Å². The molecule has 1 N–H and O–H groups in total. The molecule has 0 spiro atoms. The summed E-state index contributed by atoms with van der Waals surface area (Å²) in [5.41, 5.74) is 8.17. The predicted octanol–water partition coefficient (Wildman–Crippen LogP) is 8.29. The molecule has 6 heteroatoms. The average Bonchev–Trinajstić information content (AvgIpc) is 3.48. The van der Waals surface area contributed by atoms with Crippen LogP contribution in [0, 0.1) is 27.7 Å². The number of halogens is 1. The van der Waals surface area contributed by atoms with Crippen LogP contribution in [0.3, 0.4) is 0 Å². The molecule has 0 aliphatic carbocycles. The molecule has 36 heavy (non-hydrogen) atoms. The minimum Gasteiger partial charge on any atom is -0.457 e. The van der Waals surface area contributed by atoms with Crippen molar-refractivity contribution < 1.29 is 13.6 Å². The zero-order chi connectivity index (χ0) is 25.4. The highest BCUT2D eigenvalue weighted by Gasteiger charge is 2.12. The molecular weight excluding hydrogens is 472 g/mol. The van der Waals surface area contributed by atoms with Crippen molar-refractivity contribution >= 4 is 40.4 Å². The Bertz CT molecular complexity index is 1600. The Hall–Kier alpha value is -4.09. The highest BCUT2D eigenvalue weighted by Crippen LogP contribution is 2.30. The fourth-order valence-corrected chi connectivity index (χ4v) is 4.05. The third-order valence-corrected chi connectivity index (χ3v) is 6.64. The molecule has 0 fully saturated rings. The van der Waals surface area contributed by atoms with E-state index in [4.69, 9.17) is 20.4 Å². The molecule has 1 amide bonds. The third kappa shape index (κ3) is 4.83. The molecule has 5 aromatic rings. The summed E-state index contributed by atoms with van der Waals surface area (Å²) in [4.78, 5) is 17.3. The van der Waals surface area contributed by atoms with E-state index in [9.17, 15) is 4.79 Å². The molecule has 0 aliphatic heterocycles. The zero-order valence-electron chi connectivity index (χ0n) is 20.5. The second kappa shape index (κ2) is 9.51. The molecule has 0 bridgehead atoms. The standard InChI is InChI=1S/C30H25ClN2O3/c1-17-5-7-21(15-24(17)31)27-11-9-23(35-27)10-12-29(34)32-25-16-22(8-6-18(25)2)30-33-26-13-19(3)20(4)14-28(26)36-30/h5-16H,1-4H3,(H,32,34)/b12-10+. The number of rotatable bonds is 5. The summed E-state index contributed by atoms with van der Waals surface area (Å²) in [6, 6.07) is 19.2. The summed E-state index contributed by atoms with van der Waals surface area (Å²) in [6.45, 7) is 7.99. The minimum absolute atomic E-state index is 0.268. The Morgan fingerprint density at radius 1 is 0.833 bits per heavy atom. The first-order chi connectivity index (χ1) is 17.3. The van der Waals surface area contributed by atoms with E-state index in [1.54, 1.807) is 6.08 Å². The number of anilines is 1. The number of nitrogens with zero attached hydrogens (tertiary/aromatic N) is 1. The van der Waals surface area contributed by atoms with Crippen LogP contribution in [-0.2, 0) is 4.79 Å². The number of carbonyl (C=O) groups excluding carboxylic acids is 1. The fourth-order valence-electron chi connectivity index (χ4n) is 3.87. The summed E-state index contributed by atoms with van der Waals surface area (Å²) < 4.78 is 11.9. The topological polar surface area (TPSA) is 68.3 Å². The number of hydrogen-bond acceptors (Lipinski definition) is 4. The number of carbonyl (C=O) groups is 1. The Morgan fingerprint density at radius 3 is 2.39 bits per heavy atom. The van der Waals surface area contributed by atoms with Gasteiger partial charge in [0.15, 0.2) is 5.58 Å². The molecule has 0 saturated carbocycles. The SMILES string of the molecule is Cc1cc2nc(-c3ccc(C)c(NC(=O)/C=C/c4ccc(-c5ccc(C)c(Cl)c5)o4)c3)oc2cc1C. The van der Waals surface area contributed by atoms with Crippen molar-refractivity contribution in [2.75, 3.05) is 5.32 Å². The number of nitrogens with one attached hydrogen (secondary N) is 1. The highest BCUT2D eigenvalue weighted by atomic mass is 35.5. The molecular formula is C30H25ClN2O3. The van der Waals surface area contributed by atoms with Crippen LogP contribution >= 0.6 is 11.6 Å². The van der Waals surface area contributed by atoms with E-state index in [0.29, 0.717) is 28.1 Å². The molecule has 3 aromatic carbocycles. The monoisotopic (exact) mass is 496 g/mol. The number of oxazole rings is 1. The summed E-state index contributed by atoms with van der Waals surface area (Å²) in [6.07, 6.45) is 3.08. The first kappa shape index (κ1) is 23.6. The van der Waals surface area contributed by atoms with Crippen LogP contribution in [0.25, 0.3) is 40.0 Å². The van der Waals surface area contributed by atoms with E-state index in [1.807, 2.05) is 81.4 Å². The van der Waals surface area contributed by atoms with Gasteiger partial charge in [-0.05, 0) is 98.5 Å². The van der Waals surface area contributed by atoms with Crippen molar-refractivity contribution in [3.05, 3.63) is 99.8 Å². The molecule has 2 heterocycles. The lowest BCUT2D eigenvalue weighted by atomic mass is 10.1. The van der Waals surface area contributed by atoms with Crippen LogP contribution in [0.1, 0.15) is 28.0 Å². The van der Waals surface area contributed by atoms with Crippen molar-refractivity contribution in [1.29, 1.82) is 0 Å². The van der Waals surface area contributed by atoms with E-state index in [-0.39, 0.29) is 5.91 Å². The Morgan fingerprint density at radius 2 is 1.58 bits per heavy atom. The Kier molecular flexibility index (Phi) is 6.25. The maximum Gasteiger partial charge on any atom is 0.248 e. The van der Waals surface area contributed by atoms with E-state index in [2.05, 4.69) is 17.2 Å². The maximum absolute atomic E-state index is 12.7. The Balaban J connectivity index is 1.32. The third-order valence-electron chi connectivity index (χ3n) is 6.23. The van der Waals surface area contributed by atoms with Crippen LogP contribution in [0.2, 0.25) is 5.02 Å². The van der Waals surface area contributed by atoms with Crippen molar-refractivity contribution in [3.63, 3.8) is 0 Å². The van der Waals surface area contributed by atoms with Gasteiger partial charge in [-0.15, -0.1) is 0 Å². The molecule has 0 radical (unpaired) electrons. The average molecular weight is 497 g/mol. The van der Waals surface area contributed by atoms with Crippen LogP contribution < -0.4 is 5.32 Å². The van der Waals surface area contributed by atoms with E-state index >= 15 is 0 Å². The van der Waals surface area contributed by atoms with E-state index in [0.717, 1.165) is 44.5 Å². The lowest BCUT2D eigenvalue weighted by Gasteiger charge is -2.07. The van der Waals surface area contributed by atoms with Crippen LogP contribution in [0.5, 0.6) is 0 Å². The van der Waals surface area contributed by atoms with Gasteiger partial charge in [0.05, 0.1) is 0 Å². The summed E-state index contributed by atoms with van der Waals surface area (Å²) in [7, 11) is 0. The van der Waals surface area contributed by atoms with Gasteiger partial charge in [0.2, 0.25) is 11.8 Å². The first-order valence-corrected chi connectivity index (χ1v) is 12.0. The van der Waals surface area contributed by atoms with Crippen molar-refractivity contribution in [1.82, 2.24) is 4.98 Å². The molecule has 180 valence electrons. The van der Waals surface area contributed by atoms with Gasteiger partial charge < -0.3 is 14.2 Å². The van der Waals surface area contributed by atoms with Crippen molar-refractivity contribution in [2.45, 2.75) is 27.7 Å². The van der Waals surface area contributed by atoms with Gasteiger partial charge in [0.1, 0.15) is 17.0 Å². The van der Waals surface area contributed by atoms with Gasteiger partial charge in [-0.1, -0.05) is 29.8 Å². The van der Waals surface area contributed by atoms with Gasteiger partial charge in [0, 0.05) is 27.9 Å². The quantitative estimate of drug-likeness (QED) is 0.248. The van der Waals surface area contributed by atoms with Crippen molar-refractivity contribution in [2.24, 2.45) is 0 Å². The summed E-state index contributed by atoms with van der Waals surface area (Å²) >= 11 is 6.23. The Labute approximate surface area is 214 Å². The number of furan rings is 1. The van der Waals surface area contributed by atoms with Gasteiger partial charge in [-0.2, -0.15) is 0 Å². The number of benzene rings is 3.